The molecule has 0 amide bonds. The number of hydrogen-bond acceptors (Lipinski definition) is 4. The number of fused-ring (bicyclic) bond motifs is 5. The quantitative estimate of drug-likeness (QED) is 0.318. The van der Waals surface area contributed by atoms with Crippen molar-refractivity contribution in [2.75, 3.05) is 32.8 Å². The van der Waals surface area contributed by atoms with Gasteiger partial charge < -0.3 is 21.5 Å². The third-order valence-electron chi connectivity index (χ3n) is 11.5. The molecule has 0 aliphatic heterocycles. The molecule has 0 heterocycles. The molecule has 34 heavy (non-hydrogen) atoms. The summed E-state index contributed by atoms with van der Waals surface area (Å²) < 4.78 is 16.0. The average molecular weight is 480 g/mol. The summed E-state index contributed by atoms with van der Waals surface area (Å²) >= 11 is 0. The molecular weight excluding hydrogens is 425 g/mol. The van der Waals surface area contributed by atoms with Crippen LogP contribution in [-0.2, 0) is 0 Å². The van der Waals surface area contributed by atoms with Crippen LogP contribution in [0, 0.1) is 46.3 Å². The minimum Gasteiger partial charge on any atom is -0.396 e. The van der Waals surface area contributed by atoms with E-state index in [1.165, 1.54) is 44.9 Å². The van der Waals surface area contributed by atoms with Crippen LogP contribution in [0.1, 0.15) is 91.4 Å². The predicted octanol–water partition coefficient (Wildman–Crippen LogP) is 4.90. The molecule has 5 N–H and O–H groups in total. The summed E-state index contributed by atoms with van der Waals surface area (Å²) in [5, 5.41) is 17.2. The van der Waals surface area contributed by atoms with Crippen molar-refractivity contribution in [3.63, 3.8) is 0 Å². The van der Waals surface area contributed by atoms with Crippen molar-refractivity contribution in [1.29, 1.82) is 0 Å². The Kier molecular flexibility index (Phi) is 9.03. The Morgan fingerprint density at radius 2 is 1.68 bits per heavy atom. The van der Waals surface area contributed by atoms with Crippen molar-refractivity contribution in [1.82, 2.24) is 10.6 Å². The molecule has 4 fully saturated rings. The number of nitrogens with two attached hydrogens (primary N) is 1. The zero-order valence-corrected chi connectivity index (χ0v) is 22.3. The van der Waals surface area contributed by atoms with E-state index >= 15 is 4.39 Å². The second kappa shape index (κ2) is 11.4. The Morgan fingerprint density at radius 1 is 0.941 bits per heavy atom. The number of aliphatic hydroxyl groups is 1. The highest BCUT2D eigenvalue weighted by atomic mass is 19.1. The van der Waals surface area contributed by atoms with Gasteiger partial charge in [0.25, 0.3) is 0 Å². The highest BCUT2D eigenvalue weighted by Gasteiger charge is 2.63. The second-order valence-corrected chi connectivity index (χ2v) is 13.2. The fourth-order valence-electron chi connectivity index (χ4n) is 9.50. The summed E-state index contributed by atoms with van der Waals surface area (Å²) in [5.41, 5.74) is 6.10. The van der Waals surface area contributed by atoms with Crippen molar-refractivity contribution in [3.8, 4) is 0 Å². The van der Waals surface area contributed by atoms with Crippen LogP contribution < -0.4 is 16.4 Å². The van der Waals surface area contributed by atoms with Crippen molar-refractivity contribution in [3.05, 3.63) is 0 Å². The molecule has 0 aromatic carbocycles. The fourth-order valence-corrected chi connectivity index (χ4v) is 9.50. The van der Waals surface area contributed by atoms with E-state index in [2.05, 4.69) is 31.4 Å². The van der Waals surface area contributed by atoms with Gasteiger partial charge in [-0.2, -0.15) is 0 Å². The molecule has 198 valence electrons. The van der Waals surface area contributed by atoms with Gasteiger partial charge in [-0.15, -0.1) is 0 Å². The van der Waals surface area contributed by atoms with Gasteiger partial charge in [-0.05, 0) is 143 Å². The van der Waals surface area contributed by atoms with Crippen LogP contribution in [0.4, 0.5) is 4.39 Å². The SMILES string of the molecule is C[C@H](CO)[C@H]1CC[C@H]2[C@@H]3[C@@H](F)C[C@H]4C[C@H](NCCCNCCCCN)CC[C@]4(C)[C@H]3CC[C@]12C. The molecule has 5 heteroatoms. The van der Waals surface area contributed by atoms with Crippen molar-refractivity contribution in [2.45, 2.75) is 104 Å². The van der Waals surface area contributed by atoms with Gasteiger partial charge in [0, 0.05) is 12.6 Å². The molecule has 0 radical (unpaired) electrons. The third kappa shape index (κ3) is 5.10. The van der Waals surface area contributed by atoms with Gasteiger partial charge in [0.2, 0.25) is 0 Å². The van der Waals surface area contributed by atoms with Gasteiger partial charge in [-0.1, -0.05) is 20.8 Å². The Hall–Kier alpha value is -0.230. The highest BCUT2D eigenvalue weighted by molar-refractivity contribution is 5.12. The number of alkyl halides is 1. The van der Waals surface area contributed by atoms with Gasteiger partial charge in [-0.3, -0.25) is 0 Å². The normalized spacial score (nSPS) is 44.8. The number of rotatable bonds is 11. The molecule has 4 rings (SSSR count). The summed E-state index contributed by atoms with van der Waals surface area (Å²) in [6.07, 6.45) is 12.1. The minimum absolute atomic E-state index is 0.230. The molecule has 0 aromatic heterocycles. The number of nitrogens with one attached hydrogen (secondary N) is 2. The third-order valence-corrected chi connectivity index (χ3v) is 11.5. The first-order valence-electron chi connectivity index (χ1n) is 14.7. The Morgan fingerprint density at radius 3 is 2.44 bits per heavy atom. The number of unbranched alkanes of at least 4 members (excludes halogenated alkanes) is 1. The molecule has 4 nitrogen and oxygen atoms in total. The first-order valence-corrected chi connectivity index (χ1v) is 14.7. The lowest BCUT2D eigenvalue weighted by Gasteiger charge is -2.62. The van der Waals surface area contributed by atoms with Crippen molar-refractivity contribution >= 4 is 0 Å². The van der Waals surface area contributed by atoms with Gasteiger partial charge in [-0.25, -0.2) is 4.39 Å². The molecule has 10 atom stereocenters. The van der Waals surface area contributed by atoms with E-state index < -0.39 is 6.17 Å². The van der Waals surface area contributed by atoms with Crippen LogP contribution in [0.2, 0.25) is 0 Å². The molecule has 4 aliphatic carbocycles. The maximum atomic E-state index is 16.0. The van der Waals surface area contributed by atoms with E-state index in [4.69, 9.17) is 5.73 Å². The molecule has 0 spiro atoms. The highest BCUT2D eigenvalue weighted by Crippen LogP contribution is 2.68. The topological polar surface area (TPSA) is 70.3 Å². The first-order chi connectivity index (χ1) is 16.3. The summed E-state index contributed by atoms with van der Waals surface area (Å²) in [4.78, 5) is 0. The molecule has 4 saturated carbocycles. The first kappa shape index (κ1) is 26.8. The smallest absolute Gasteiger partial charge is 0.104 e. The fraction of sp³-hybridized carbons (Fsp3) is 1.00. The lowest BCUT2D eigenvalue weighted by molar-refractivity contribution is -0.149. The van der Waals surface area contributed by atoms with E-state index in [0.717, 1.165) is 51.9 Å². The lowest BCUT2D eigenvalue weighted by Crippen LogP contribution is -2.58. The van der Waals surface area contributed by atoms with Crippen LogP contribution in [0.25, 0.3) is 0 Å². The standard InChI is InChI=1S/C29H54FN3O/c1-20(19-34)23-7-8-24-27-25(10-12-29(23,24)3)28(2)11-9-22(17-21(28)18-26(27)30)33-16-6-15-32-14-5-4-13-31/h20-27,32-34H,4-19,31H2,1-3H3/t20-,21-,22-,23-,24+,25+,26+,27+,28+,29-/m1/s1. The van der Waals surface area contributed by atoms with Gasteiger partial charge >= 0.3 is 0 Å². The largest absolute Gasteiger partial charge is 0.396 e. The average Bonchev–Trinajstić information content (AvgIpc) is 3.18. The maximum absolute atomic E-state index is 16.0. The van der Waals surface area contributed by atoms with Gasteiger partial charge in [0.1, 0.15) is 6.17 Å². The van der Waals surface area contributed by atoms with Crippen LogP contribution in [0.3, 0.4) is 0 Å². The zero-order valence-electron chi connectivity index (χ0n) is 22.3. The Labute approximate surface area is 208 Å². The van der Waals surface area contributed by atoms with E-state index in [1.807, 2.05) is 0 Å². The summed E-state index contributed by atoms with van der Waals surface area (Å²) in [6.45, 7) is 11.5. The monoisotopic (exact) mass is 479 g/mol. The van der Waals surface area contributed by atoms with E-state index in [-0.39, 0.29) is 17.9 Å². The maximum Gasteiger partial charge on any atom is 0.104 e. The Bertz CT molecular complexity index is 649. The van der Waals surface area contributed by atoms with Crippen LogP contribution in [0.5, 0.6) is 0 Å². The summed E-state index contributed by atoms with van der Waals surface area (Å²) in [7, 11) is 0. The van der Waals surface area contributed by atoms with E-state index in [9.17, 15) is 5.11 Å². The summed E-state index contributed by atoms with van der Waals surface area (Å²) in [5.74, 6) is 2.77. The van der Waals surface area contributed by atoms with Crippen molar-refractivity contribution in [2.24, 2.45) is 52.1 Å². The molecule has 0 saturated heterocycles. The van der Waals surface area contributed by atoms with Crippen LogP contribution >= 0.6 is 0 Å². The minimum atomic E-state index is -0.632. The number of halogens is 1. The second-order valence-electron chi connectivity index (χ2n) is 13.2. The Balaban J connectivity index is 1.31. The molecular formula is C29H54FN3O. The van der Waals surface area contributed by atoms with Crippen LogP contribution in [-0.4, -0.2) is 50.1 Å². The zero-order chi connectivity index (χ0) is 24.3. The van der Waals surface area contributed by atoms with Crippen LogP contribution in [0.15, 0.2) is 0 Å². The van der Waals surface area contributed by atoms with Crippen molar-refractivity contribution < 1.29 is 9.50 Å². The summed E-state index contributed by atoms with van der Waals surface area (Å²) in [6, 6.07) is 0.564. The molecule has 4 aliphatic rings. The number of aliphatic hydroxyl groups excluding tert-OH is 1. The predicted molar refractivity (Wildman–Crippen MR) is 139 cm³/mol. The lowest BCUT2D eigenvalue weighted by atomic mass is 9.44. The molecule has 0 aromatic rings. The number of hydrogen-bond donors (Lipinski definition) is 4. The molecule has 0 bridgehead atoms. The van der Waals surface area contributed by atoms with Gasteiger partial charge in [0.05, 0.1) is 0 Å². The van der Waals surface area contributed by atoms with E-state index in [1.54, 1.807) is 0 Å². The van der Waals surface area contributed by atoms with Gasteiger partial charge in [0.15, 0.2) is 0 Å². The molecule has 0 unspecified atom stereocenters. The van der Waals surface area contributed by atoms with E-state index in [0.29, 0.717) is 41.0 Å².